The van der Waals surface area contributed by atoms with Gasteiger partial charge in [0.1, 0.15) is 5.75 Å². The third-order valence-corrected chi connectivity index (χ3v) is 5.85. The number of para-hydroxylation sites is 1. The first-order valence-corrected chi connectivity index (χ1v) is 9.40. The first kappa shape index (κ1) is 16.0. The summed E-state index contributed by atoms with van der Waals surface area (Å²) in [5, 5.41) is 38.6. The van der Waals surface area contributed by atoms with Crippen molar-refractivity contribution in [3.8, 4) is 23.0 Å². The number of ether oxygens (including phenoxy) is 1. The Labute approximate surface area is 159 Å². The zero-order valence-electron chi connectivity index (χ0n) is 14.1. The van der Waals surface area contributed by atoms with Crippen molar-refractivity contribution in [2.24, 2.45) is 5.10 Å². The molecule has 0 bridgehead atoms. The number of hydrogen-bond acceptors (Lipinski definition) is 7. The van der Waals surface area contributed by atoms with E-state index in [1.165, 1.54) is 6.07 Å². The van der Waals surface area contributed by atoms with Crippen molar-refractivity contribution in [3.05, 3.63) is 69.9 Å². The minimum absolute atomic E-state index is 0.0348. The van der Waals surface area contributed by atoms with Crippen molar-refractivity contribution in [2.45, 2.75) is 18.7 Å². The molecule has 136 valence electrons. The zero-order valence-corrected chi connectivity index (χ0v) is 14.9. The Morgan fingerprint density at radius 3 is 2.63 bits per heavy atom. The molecule has 1 aromatic heterocycles. The first-order valence-electron chi connectivity index (χ1n) is 8.52. The molecule has 0 saturated heterocycles. The molecule has 3 N–H and O–H groups in total. The summed E-state index contributed by atoms with van der Waals surface area (Å²) in [4.78, 5) is 1.10. The second kappa shape index (κ2) is 5.92. The van der Waals surface area contributed by atoms with Crippen LogP contribution in [0.3, 0.4) is 0 Å². The van der Waals surface area contributed by atoms with Crippen LogP contribution in [-0.2, 0) is 0 Å². The Balaban J connectivity index is 1.64. The van der Waals surface area contributed by atoms with E-state index in [0.29, 0.717) is 5.56 Å². The van der Waals surface area contributed by atoms with Gasteiger partial charge < -0.3 is 20.1 Å². The number of hydrazone groups is 1. The molecular weight excluding hydrogens is 364 g/mol. The summed E-state index contributed by atoms with van der Waals surface area (Å²) < 4.78 is 6.14. The van der Waals surface area contributed by atoms with Gasteiger partial charge in [0, 0.05) is 12.0 Å². The largest absolute Gasteiger partial charge is 0.504 e. The maximum absolute atomic E-state index is 10.4. The molecule has 0 radical (unpaired) electrons. The Morgan fingerprint density at radius 1 is 0.963 bits per heavy atom. The van der Waals surface area contributed by atoms with Gasteiger partial charge in [-0.05, 0) is 29.6 Å². The molecule has 2 aliphatic heterocycles. The average Bonchev–Trinajstić information content (AvgIpc) is 3.35. The molecule has 3 aromatic rings. The van der Waals surface area contributed by atoms with Crippen molar-refractivity contribution in [1.29, 1.82) is 0 Å². The van der Waals surface area contributed by atoms with Crippen molar-refractivity contribution in [1.82, 2.24) is 5.01 Å². The smallest absolute Gasteiger partial charge is 0.217 e. The Kier molecular flexibility index (Phi) is 3.51. The monoisotopic (exact) mass is 380 g/mol. The highest BCUT2D eigenvalue weighted by atomic mass is 32.1. The number of benzene rings is 2. The summed E-state index contributed by atoms with van der Waals surface area (Å²) in [5.41, 5.74) is 2.34. The lowest BCUT2D eigenvalue weighted by molar-refractivity contribution is -0.0205. The summed E-state index contributed by atoms with van der Waals surface area (Å²) >= 11 is 1.63. The van der Waals surface area contributed by atoms with E-state index in [2.05, 4.69) is 0 Å². The zero-order chi connectivity index (χ0) is 18.5. The standard InChI is InChI=1S/C20H16N2O4S/c23-15-8-7-12(18(24)19(15)25)20-22-14(11-4-1-2-5-16(11)26-20)10-13(21-22)17-6-3-9-27-17/h1-9,14,20,23-25H,10H2/t14-,20+/m0/s1. The van der Waals surface area contributed by atoms with Crippen LogP contribution >= 0.6 is 11.3 Å². The highest BCUT2D eigenvalue weighted by Crippen LogP contribution is 2.50. The van der Waals surface area contributed by atoms with Crippen molar-refractivity contribution >= 4 is 17.0 Å². The molecule has 2 aliphatic rings. The van der Waals surface area contributed by atoms with Crippen LogP contribution in [0.2, 0.25) is 0 Å². The van der Waals surface area contributed by atoms with E-state index in [4.69, 9.17) is 9.84 Å². The highest BCUT2D eigenvalue weighted by molar-refractivity contribution is 7.12. The second-order valence-electron chi connectivity index (χ2n) is 6.50. The SMILES string of the molecule is Oc1ccc([C@H]2Oc3ccccc3[C@@H]3CC(c4cccs4)=NN23)c(O)c1O. The topological polar surface area (TPSA) is 85.5 Å². The number of fused-ring (bicyclic) bond motifs is 3. The van der Waals surface area contributed by atoms with Crippen molar-refractivity contribution in [3.63, 3.8) is 0 Å². The Hall–Kier alpha value is -3.19. The number of phenols is 3. The molecule has 5 rings (SSSR count). The molecule has 0 fully saturated rings. The van der Waals surface area contributed by atoms with Gasteiger partial charge in [0.25, 0.3) is 0 Å². The average molecular weight is 380 g/mol. The summed E-state index contributed by atoms with van der Waals surface area (Å²) in [6.45, 7) is 0. The number of thiophene rings is 1. The molecule has 7 heteroatoms. The quantitative estimate of drug-likeness (QED) is 0.583. The summed E-state index contributed by atoms with van der Waals surface area (Å²) in [6.07, 6.45) is 0.0104. The van der Waals surface area contributed by atoms with E-state index in [-0.39, 0.29) is 11.8 Å². The van der Waals surface area contributed by atoms with Crippen LogP contribution in [0.5, 0.6) is 23.0 Å². The molecule has 2 aromatic carbocycles. The van der Waals surface area contributed by atoms with Gasteiger partial charge in [-0.1, -0.05) is 24.3 Å². The number of hydrogen-bond donors (Lipinski definition) is 3. The van der Waals surface area contributed by atoms with Gasteiger partial charge in [-0.25, -0.2) is 5.01 Å². The Morgan fingerprint density at radius 2 is 1.81 bits per heavy atom. The fraction of sp³-hybridized carbons (Fsp3) is 0.150. The van der Waals surface area contributed by atoms with E-state index in [9.17, 15) is 15.3 Å². The van der Waals surface area contributed by atoms with E-state index >= 15 is 0 Å². The normalized spacial score (nSPS) is 20.6. The predicted molar refractivity (Wildman–Crippen MR) is 101 cm³/mol. The molecule has 0 saturated carbocycles. The molecule has 2 atom stereocenters. The minimum Gasteiger partial charge on any atom is -0.504 e. The molecule has 0 amide bonds. The van der Waals surface area contributed by atoms with E-state index in [0.717, 1.165) is 28.3 Å². The van der Waals surface area contributed by atoms with Gasteiger partial charge in [-0.3, -0.25) is 0 Å². The van der Waals surface area contributed by atoms with Gasteiger partial charge in [-0.2, -0.15) is 5.10 Å². The molecule has 0 spiro atoms. The third kappa shape index (κ3) is 2.43. The second-order valence-corrected chi connectivity index (χ2v) is 7.45. The third-order valence-electron chi connectivity index (χ3n) is 4.93. The number of nitrogens with zero attached hydrogens (tertiary/aromatic N) is 2. The van der Waals surface area contributed by atoms with Gasteiger partial charge >= 0.3 is 0 Å². The Bertz CT molecular complexity index is 1050. The van der Waals surface area contributed by atoms with Crippen LogP contribution in [0.4, 0.5) is 0 Å². The van der Waals surface area contributed by atoms with Crippen LogP contribution in [0.15, 0.2) is 59.0 Å². The predicted octanol–water partition coefficient (Wildman–Crippen LogP) is 4.11. The molecule has 3 heterocycles. The summed E-state index contributed by atoms with van der Waals surface area (Å²) in [5.74, 6) is -0.627. The van der Waals surface area contributed by atoms with E-state index in [1.54, 1.807) is 17.4 Å². The summed E-state index contributed by atoms with van der Waals surface area (Å²) in [6, 6.07) is 14.6. The van der Waals surface area contributed by atoms with Gasteiger partial charge in [0.15, 0.2) is 11.5 Å². The van der Waals surface area contributed by atoms with Crippen LogP contribution in [0.1, 0.15) is 34.7 Å². The number of aromatic hydroxyl groups is 3. The molecule has 6 nitrogen and oxygen atoms in total. The molecule has 27 heavy (non-hydrogen) atoms. The van der Waals surface area contributed by atoms with Crippen LogP contribution in [0.25, 0.3) is 0 Å². The lowest BCUT2D eigenvalue weighted by Gasteiger charge is -2.38. The first-order chi connectivity index (χ1) is 13.1. The van der Waals surface area contributed by atoms with Gasteiger partial charge in [0.05, 0.1) is 22.2 Å². The lowest BCUT2D eigenvalue weighted by Crippen LogP contribution is -2.33. The van der Waals surface area contributed by atoms with Gasteiger partial charge in [0.2, 0.25) is 12.0 Å². The molecule has 0 aliphatic carbocycles. The fourth-order valence-electron chi connectivity index (χ4n) is 3.61. The van der Waals surface area contributed by atoms with Crippen LogP contribution in [-0.4, -0.2) is 26.0 Å². The maximum atomic E-state index is 10.4. The highest BCUT2D eigenvalue weighted by Gasteiger charge is 2.42. The minimum atomic E-state index is -0.714. The molecular formula is C20H16N2O4S. The lowest BCUT2D eigenvalue weighted by atomic mass is 9.97. The number of phenolic OH excluding ortho intramolecular Hbond substituents is 3. The number of rotatable bonds is 2. The maximum Gasteiger partial charge on any atom is 0.217 e. The van der Waals surface area contributed by atoms with E-state index in [1.807, 2.05) is 46.8 Å². The fourth-order valence-corrected chi connectivity index (χ4v) is 4.34. The van der Waals surface area contributed by atoms with Crippen molar-refractivity contribution < 1.29 is 20.1 Å². The summed E-state index contributed by atoms with van der Waals surface area (Å²) in [7, 11) is 0. The van der Waals surface area contributed by atoms with Crippen LogP contribution < -0.4 is 4.74 Å². The van der Waals surface area contributed by atoms with E-state index < -0.39 is 17.7 Å². The van der Waals surface area contributed by atoms with Gasteiger partial charge in [-0.15, -0.1) is 11.3 Å². The molecule has 0 unspecified atom stereocenters. The van der Waals surface area contributed by atoms with Crippen LogP contribution in [0, 0.1) is 0 Å². The van der Waals surface area contributed by atoms with Crippen molar-refractivity contribution in [2.75, 3.05) is 0 Å².